The molecule has 1 fully saturated rings. The summed E-state index contributed by atoms with van der Waals surface area (Å²) in [6.45, 7) is 5.36. The van der Waals surface area contributed by atoms with Crippen LogP contribution in [-0.4, -0.2) is 94.6 Å². The standard InChI is InChI=1S/C31H39N3O10/c1-16(36)32-25-27(39)26(38)23(14-35)43-28(25)34-24(37)13-22(29(40)44-31(2,3)4)33-30(41)42-15-21-19-11-7-5-9-17(19)18-10-6-8-12-20(18)21/h5-12,21-23,25-28,35,38-39H,13-15H2,1-4H3,(H,32,36)(H,33,41)(H,34,37)/t22-,23+,25+,26+,27+,28+/m0/s1. The molecule has 1 saturated heterocycles. The summed E-state index contributed by atoms with van der Waals surface area (Å²) in [6, 6.07) is 12.9. The van der Waals surface area contributed by atoms with Crippen LogP contribution in [0.15, 0.2) is 48.5 Å². The van der Waals surface area contributed by atoms with Crippen molar-refractivity contribution in [1.29, 1.82) is 0 Å². The van der Waals surface area contributed by atoms with E-state index in [0.29, 0.717) is 0 Å². The molecule has 13 heteroatoms. The number of aliphatic hydroxyl groups excluding tert-OH is 3. The normalized spacial score (nSPS) is 23.5. The summed E-state index contributed by atoms with van der Waals surface area (Å²) < 4.78 is 16.5. The smallest absolute Gasteiger partial charge is 0.407 e. The molecule has 2 aliphatic rings. The van der Waals surface area contributed by atoms with E-state index in [1.165, 1.54) is 6.92 Å². The first-order valence-corrected chi connectivity index (χ1v) is 14.3. The van der Waals surface area contributed by atoms with Crippen molar-refractivity contribution in [3.63, 3.8) is 0 Å². The number of rotatable bonds is 9. The second-order valence-corrected chi connectivity index (χ2v) is 11.8. The molecule has 6 N–H and O–H groups in total. The van der Waals surface area contributed by atoms with Gasteiger partial charge in [-0.1, -0.05) is 48.5 Å². The van der Waals surface area contributed by atoms with Crippen LogP contribution in [0.1, 0.15) is 51.2 Å². The number of fused-ring (bicyclic) bond motifs is 3. The van der Waals surface area contributed by atoms with Crippen LogP contribution in [0, 0.1) is 0 Å². The lowest BCUT2D eigenvalue weighted by Crippen LogP contribution is -2.68. The van der Waals surface area contributed by atoms with Crippen LogP contribution in [0.25, 0.3) is 11.1 Å². The topological polar surface area (TPSA) is 193 Å². The molecule has 44 heavy (non-hydrogen) atoms. The van der Waals surface area contributed by atoms with Crippen molar-refractivity contribution in [2.75, 3.05) is 13.2 Å². The third kappa shape index (κ3) is 7.72. The largest absolute Gasteiger partial charge is 0.458 e. The first-order valence-electron chi connectivity index (χ1n) is 14.3. The van der Waals surface area contributed by atoms with Crippen LogP contribution in [0.3, 0.4) is 0 Å². The summed E-state index contributed by atoms with van der Waals surface area (Å²) in [6.07, 6.45) is -7.34. The third-order valence-corrected chi connectivity index (χ3v) is 7.32. The summed E-state index contributed by atoms with van der Waals surface area (Å²) in [4.78, 5) is 50.9. The Morgan fingerprint density at radius 2 is 1.52 bits per heavy atom. The van der Waals surface area contributed by atoms with E-state index in [1.807, 2.05) is 48.5 Å². The van der Waals surface area contributed by atoms with Crippen LogP contribution in [0.5, 0.6) is 0 Å². The van der Waals surface area contributed by atoms with Crippen molar-refractivity contribution >= 4 is 23.9 Å². The fraction of sp³-hybridized carbons (Fsp3) is 0.484. The van der Waals surface area contributed by atoms with E-state index < -0.39 is 79.1 Å². The van der Waals surface area contributed by atoms with Crippen molar-refractivity contribution in [2.24, 2.45) is 0 Å². The lowest BCUT2D eigenvalue weighted by Gasteiger charge is -2.42. The zero-order chi connectivity index (χ0) is 32.2. The van der Waals surface area contributed by atoms with Crippen molar-refractivity contribution in [1.82, 2.24) is 16.0 Å². The average Bonchev–Trinajstić information content (AvgIpc) is 3.28. The Balaban J connectivity index is 1.45. The highest BCUT2D eigenvalue weighted by Gasteiger charge is 2.45. The molecule has 0 radical (unpaired) electrons. The maximum atomic E-state index is 13.1. The molecule has 1 heterocycles. The lowest BCUT2D eigenvalue weighted by atomic mass is 9.95. The molecule has 0 bridgehead atoms. The second-order valence-electron chi connectivity index (χ2n) is 11.8. The molecule has 2 aromatic rings. The molecule has 0 saturated carbocycles. The molecule has 238 valence electrons. The Hall–Kier alpha value is -4.04. The van der Waals surface area contributed by atoms with Crippen LogP contribution >= 0.6 is 0 Å². The van der Waals surface area contributed by atoms with Crippen molar-refractivity contribution in [3.05, 3.63) is 59.7 Å². The van der Waals surface area contributed by atoms with E-state index in [9.17, 15) is 34.5 Å². The molecule has 1 aliphatic heterocycles. The number of aliphatic hydroxyl groups is 3. The SMILES string of the molecule is CC(=O)N[C@@H]1[C@@H](O)[C@H](O)[C@@H](CO)O[C@H]1NC(=O)C[C@H](NC(=O)OCC1c2ccccc2-c2ccccc21)C(=O)OC(C)(C)C. The first-order chi connectivity index (χ1) is 20.8. The Kier molecular flexibility index (Phi) is 10.3. The Bertz CT molecular complexity index is 1330. The number of ether oxygens (including phenoxy) is 3. The van der Waals surface area contributed by atoms with E-state index in [0.717, 1.165) is 22.3 Å². The van der Waals surface area contributed by atoms with Crippen molar-refractivity contribution in [2.45, 2.75) is 82.3 Å². The zero-order valence-electron chi connectivity index (χ0n) is 25.0. The van der Waals surface area contributed by atoms with Gasteiger partial charge in [0.15, 0.2) is 6.23 Å². The van der Waals surface area contributed by atoms with Crippen molar-refractivity contribution < 1.29 is 48.7 Å². The van der Waals surface area contributed by atoms with Gasteiger partial charge in [0.2, 0.25) is 11.8 Å². The van der Waals surface area contributed by atoms with Crippen LogP contribution < -0.4 is 16.0 Å². The summed E-state index contributed by atoms with van der Waals surface area (Å²) in [5, 5.41) is 37.5. The molecule has 13 nitrogen and oxygen atoms in total. The highest BCUT2D eigenvalue weighted by Crippen LogP contribution is 2.44. The number of hydrogen-bond donors (Lipinski definition) is 6. The Labute approximate surface area is 254 Å². The van der Waals surface area contributed by atoms with Gasteiger partial charge in [0.05, 0.1) is 13.0 Å². The summed E-state index contributed by atoms with van der Waals surface area (Å²) in [7, 11) is 0. The van der Waals surface area contributed by atoms with Gasteiger partial charge in [0.25, 0.3) is 0 Å². The molecule has 3 amide bonds. The number of alkyl carbamates (subject to hydrolysis) is 1. The van der Waals surface area contributed by atoms with Crippen LogP contribution in [-0.2, 0) is 28.6 Å². The number of hydrogen-bond acceptors (Lipinski definition) is 10. The highest BCUT2D eigenvalue weighted by atomic mass is 16.6. The molecular formula is C31H39N3O10. The molecule has 6 atom stereocenters. The van der Waals surface area contributed by atoms with Gasteiger partial charge in [-0.25, -0.2) is 9.59 Å². The van der Waals surface area contributed by atoms with E-state index in [4.69, 9.17) is 14.2 Å². The third-order valence-electron chi connectivity index (χ3n) is 7.32. The molecule has 2 aromatic carbocycles. The molecule has 0 aromatic heterocycles. The predicted octanol–water partition coefficient (Wildman–Crippen LogP) is 0.685. The monoisotopic (exact) mass is 613 g/mol. The number of carbonyl (C=O) groups is 4. The summed E-state index contributed by atoms with van der Waals surface area (Å²) in [5.74, 6) is -2.52. The fourth-order valence-corrected chi connectivity index (χ4v) is 5.39. The molecular weight excluding hydrogens is 574 g/mol. The molecule has 0 spiro atoms. The number of esters is 1. The van der Waals surface area contributed by atoms with Gasteiger partial charge in [-0.3, -0.25) is 9.59 Å². The minimum atomic E-state index is -1.59. The lowest BCUT2D eigenvalue weighted by molar-refractivity contribution is -0.203. The molecule has 1 aliphatic carbocycles. The zero-order valence-corrected chi connectivity index (χ0v) is 25.0. The number of benzene rings is 2. The van der Waals surface area contributed by atoms with Gasteiger partial charge < -0.3 is 45.5 Å². The number of carbonyl (C=O) groups excluding carboxylic acids is 4. The van der Waals surface area contributed by atoms with Gasteiger partial charge in [-0.2, -0.15) is 0 Å². The van der Waals surface area contributed by atoms with Gasteiger partial charge in [-0.05, 0) is 43.0 Å². The minimum Gasteiger partial charge on any atom is -0.458 e. The fourth-order valence-electron chi connectivity index (χ4n) is 5.39. The van der Waals surface area contributed by atoms with Gasteiger partial charge in [0.1, 0.15) is 42.6 Å². The highest BCUT2D eigenvalue weighted by molar-refractivity contribution is 5.88. The van der Waals surface area contributed by atoms with Gasteiger partial charge in [0, 0.05) is 12.8 Å². The Morgan fingerprint density at radius 1 is 0.932 bits per heavy atom. The number of amides is 3. The predicted molar refractivity (Wildman–Crippen MR) is 156 cm³/mol. The quantitative estimate of drug-likeness (QED) is 0.219. The van der Waals surface area contributed by atoms with Gasteiger partial charge in [-0.15, -0.1) is 0 Å². The molecule has 0 unspecified atom stereocenters. The van der Waals surface area contributed by atoms with Crippen LogP contribution in [0.2, 0.25) is 0 Å². The van der Waals surface area contributed by atoms with Crippen molar-refractivity contribution in [3.8, 4) is 11.1 Å². The average molecular weight is 614 g/mol. The number of nitrogens with one attached hydrogen (secondary N) is 3. The van der Waals surface area contributed by atoms with E-state index in [-0.39, 0.29) is 12.5 Å². The minimum absolute atomic E-state index is 0.0236. The maximum absolute atomic E-state index is 13.1. The molecule has 4 rings (SSSR count). The second kappa shape index (κ2) is 13.7. The van der Waals surface area contributed by atoms with Crippen LogP contribution in [0.4, 0.5) is 4.79 Å². The summed E-state index contributed by atoms with van der Waals surface area (Å²) in [5.41, 5.74) is 3.15. The van der Waals surface area contributed by atoms with E-state index in [2.05, 4.69) is 16.0 Å². The maximum Gasteiger partial charge on any atom is 0.407 e. The first kappa shape index (κ1) is 32.9. The Morgan fingerprint density at radius 3 is 2.07 bits per heavy atom. The van der Waals surface area contributed by atoms with E-state index in [1.54, 1.807) is 20.8 Å². The summed E-state index contributed by atoms with van der Waals surface area (Å²) >= 11 is 0. The van der Waals surface area contributed by atoms with Gasteiger partial charge >= 0.3 is 12.1 Å². The van der Waals surface area contributed by atoms with E-state index >= 15 is 0 Å².